The number of Topliss-reactive ketones (excluding diaryl/α,β-unsaturated/α-hetero) is 1. The summed E-state index contributed by atoms with van der Waals surface area (Å²) in [5.74, 6) is -0.821. The van der Waals surface area contributed by atoms with E-state index in [9.17, 15) is 14.4 Å². The molecule has 0 atom stereocenters. The zero-order chi connectivity index (χ0) is 21.7. The zero-order valence-corrected chi connectivity index (χ0v) is 17.3. The number of ketones is 1. The molecule has 30 heavy (non-hydrogen) atoms. The normalized spacial score (nSPS) is 10.6. The van der Waals surface area contributed by atoms with Crippen molar-refractivity contribution in [1.82, 2.24) is 9.47 Å². The van der Waals surface area contributed by atoms with Gasteiger partial charge < -0.3 is 19.5 Å². The summed E-state index contributed by atoms with van der Waals surface area (Å²) in [4.78, 5) is 39.6. The average molecular weight is 407 g/mol. The van der Waals surface area contributed by atoms with Crippen LogP contribution in [0.5, 0.6) is 5.75 Å². The fraction of sp³-hybridized carbons (Fsp3) is 0.261. The second kappa shape index (κ2) is 9.26. The Morgan fingerprint density at radius 1 is 1.00 bits per heavy atom. The van der Waals surface area contributed by atoms with Crippen LogP contribution in [0.1, 0.15) is 24.2 Å². The van der Waals surface area contributed by atoms with Crippen LogP contribution in [0.15, 0.2) is 54.7 Å². The lowest BCUT2D eigenvalue weighted by molar-refractivity contribution is -0.126. The molecule has 7 heteroatoms. The molecule has 1 aromatic heterocycles. The molecule has 1 heterocycles. The fourth-order valence-corrected chi connectivity index (χ4v) is 3.42. The van der Waals surface area contributed by atoms with Gasteiger partial charge in [0.1, 0.15) is 12.3 Å². The molecule has 3 rings (SSSR count). The Labute approximate surface area is 175 Å². The summed E-state index contributed by atoms with van der Waals surface area (Å²) in [5, 5.41) is 3.47. The van der Waals surface area contributed by atoms with E-state index < -0.39 is 11.7 Å². The number of rotatable bonds is 8. The van der Waals surface area contributed by atoms with Gasteiger partial charge in [-0.15, -0.1) is 0 Å². The molecule has 0 fully saturated rings. The highest BCUT2D eigenvalue weighted by atomic mass is 16.5. The quantitative estimate of drug-likeness (QED) is 0.459. The number of methoxy groups -OCH3 is 1. The minimum atomic E-state index is -0.571. The molecular formula is C23H25N3O4. The highest BCUT2D eigenvalue weighted by molar-refractivity contribution is 6.44. The Morgan fingerprint density at radius 3 is 2.37 bits per heavy atom. The number of para-hydroxylation sites is 3. The van der Waals surface area contributed by atoms with Crippen LogP contribution in [0.2, 0.25) is 0 Å². The third-order valence-electron chi connectivity index (χ3n) is 4.97. The SMILES string of the molecule is CCN(CC)C(=O)C(=O)c1cn(CC(=O)Nc2ccccc2OC)c2ccccc12. The summed E-state index contributed by atoms with van der Waals surface area (Å²) in [7, 11) is 1.54. The van der Waals surface area contributed by atoms with E-state index in [1.54, 1.807) is 41.1 Å². The van der Waals surface area contributed by atoms with Gasteiger partial charge in [-0.3, -0.25) is 14.4 Å². The first-order valence-electron chi connectivity index (χ1n) is 9.84. The van der Waals surface area contributed by atoms with E-state index in [1.165, 1.54) is 12.0 Å². The number of aromatic nitrogens is 1. The van der Waals surface area contributed by atoms with Gasteiger partial charge in [0.25, 0.3) is 11.7 Å². The van der Waals surface area contributed by atoms with Crippen LogP contribution in [-0.2, 0) is 16.1 Å². The number of fused-ring (bicyclic) bond motifs is 1. The second-order valence-corrected chi connectivity index (χ2v) is 6.74. The van der Waals surface area contributed by atoms with Crippen molar-refractivity contribution in [2.24, 2.45) is 0 Å². The topological polar surface area (TPSA) is 80.6 Å². The third kappa shape index (κ3) is 4.20. The van der Waals surface area contributed by atoms with E-state index in [1.807, 2.05) is 32.0 Å². The Balaban J connectivity index is 1.89. The number of likely N-dealkylation sites (N-methyl/N-ethyl adjacent to an activating group) is 1. The van der Waals surface area contributed by atoms with Crippen molar-refractivity contribution in [2.45, 2.75) is 20.4 Å². The van der Waals surface area contributed by atoms with E-state index in [0.717, 1.165) is 0 Å². The van der Waals surface area contributed by atoms with Gasteiger partial charge in [0.15, 0.2) is 0 Å². The monoisotopic (exact) mass is 407 g/mol. The molecule has 0 unspecified atom stereocenters. The molecule has 0 saturated carbocycles. The van der Waals surface area contributed by atoms with Gasteiger partial charge in [0.2, 0.25) is 5.91 Å². The largest absolute Gasteiger partial charge is 0.495 e. The number of hydrogen-bond acceptors (Lipinski definition) is 4. The molecule has 7 nitrogen and oxygen atoms in total. The lowest BCUT2D eigenvalue weighted by atomic mass is 10.1. The number of benzene rings is 2. The van der Waals surface area contributed by atoms with Gasteiger partial charge in [-0.2, -0.15) is 0 Å². The number of carbonyl (C=O) groups is 3. The van der Waals surface area contributed by atoms with Crippen molar-refractivity contribution in [3.63, 3.8) is 0 Å². The molecule has 1 N–H and O–H groups in total. The summed E-state index contributed by atoms with van der Waals surface area (Å²) in [6.07, 6.45) is 1.58. The number of hydrogen-bond donors (Lipinski definition) is 1. The molecule has 3 aromatic rings. The lowest BCUT2D eigenvalue weighted by Gasteiger charge is -2.17. The van der Waals surface area contributed by atoms with Crippen LogP contribution >= 0.6 is 0 Å². The summed E-state index contributed by atoms with van der Waals surface area (Å²) < 4.78 is 6.95. The van der Waals surface area contributed by atoms with E-state index in [4.69, 9.17) is 4.74 Å². The maximum Gasteiger partial charge on any atom is 0.295 e. The third-order valence-corrected chi connectivity index (χ3v) is 4.97. The van der Waals surface area contributed by atoms with Crippen LogP contribution in [0, 0.1) is 0 Å². The molecule has 0 spiro atoms. The number of nitrogens with zero attached hydrogens (tertiary/aromatic N) is 2. The average Bonchev–Trinajstić information content (AvgIpc) is 3.12. The van der Waals surface area contributed by atoms with Crippen molar-refractivity contribution in [3.05, 3.63) is 60.3 Å². The first kappa shape index (κ1) is 21.1. The highest BCUT2D eigenvalue weighted by Gasteiger charge is 2.25. The first-order chi connectivity index (χ1) is 14.5. The predicted octanol–water partition coefficient (Wildman–Crippen LogP) is 3.34. The van der Waals surface area contributed by atoms with Gasteiger partial charge in [0, 0.05) is 30.2 Å². The number of amides is 2. The Bertz CT molecular complexity index is 1080. The van der Waals surface area contributed by atoms with Gasteiger partial charge in [-0.25, -0.2) is 0 Å². The van der Waals surface area contributed by atoms with Crippen LogP contribution < -0.4 is 10.1 Å². The molecule has 0 radical (unpaired) electrons. The van der Waals surface area contributed by atoms with E-state index >= 15 is 0 Å². The standard InChI is InChI=1S/C23H25N3O4/c1-4-25(5-2)23(29)22(28)17-14-26(19-12-8-6-10-16(17)19)15-21(27)24-18-11-7-9-13-20(18)30-3/h6-14H,4-5,15H2,1-3H3,(H,24,27). The fourth-order valence-electron chi connectivity index (χ4n) is 3.42. The summed E-state index contributed by atoms with van der Waals surface area (Å²) in [5.41, 5.74) is 1.57. The maximum atomic E-state index is 12.9. The predicted molar refractivity (Wildman–Crippen MR) is 116 cm³/mol. The smallest absolute Gasteiger partial charge is 0.295 e. The van der Waals surface area contributed by atoms with Crippen molar-refractivity contribution < 1.29 is 19.1 Å². The zero-order valence-electron chi connectivity index (χ0n) is 17.3. The van der Waals surface area contributed by atoms with Crippen LogP contribution in [0.4, 0.5) is 5.69 Å². The number of carbonyl (C=O) groups excluding carboxylic acids is 3. The van der Waals surface area contributed by atoms with Gasteiger partial charge in [-0.05, 0) is 32.0 Å². The molecule has 0 aliphatic carbocycles. The van der Waals surface area contributed by atoms with Gasteiger partial charge >= 0.3 is 0 Å². The minimum Gasteiger partial charge on any atom is -0.495 e. The van der Waals surface area contributed by atoms with Crippen molar-refractivity contribution in [1.29, 1.82) is 0 Å². The molecule has 0 saturated heterocycles. The summed E-state index contributed by atoms with van der Waals surface area (Å²) in [6, 6.07) is 14.4. The number of anilines is 1. The van der Waals surface area contributed by atoms with Crippen LogP contribution in [-0.4, -0.2) is 47.3 Å². The second-order valence-electron chi connectivity index (χ2n) is 6.74. The van der Waals surface area contributed by atoms with Gasteiger partial charge in [-0.1, -0.05) is 30.3 Å². The molecule has 156 valence electrons. The molecular weight excluding hydrogens is 382 g/mol. The Kier molecular flexibility index (Phi) is 6.51. The summed E-state index contributed by atoms with van der Waals surface area (Å²) in [6.45, 7) is 4.58. The molecule has 0 bridgehead atoms. The molecule has 2 amide bonds. The molecule has 2 aromatic carbocycles. The van der Waals surface area contributed by atoms with Crippen molar-refractivity contribution in [2.75, 3.05) is 25.5 Å². The van der Waals surface area contributed by atoms with Crippen LogP contribution in [0.3, 0.4) is 0 Å². The van der Waals surface area contributed by atoms with E-state index in [0.29, 0.717) is 41.0 Å². The summed E-state index contributed by atoms with van der Waals surface area (Å²) >= 11 is 0. The molecule has 0 aliphatic rings. The number of nitrogens with one attached hydrogen (secondary N) is 1. The first-order valence-corrected chi connectivity index (χ1v) is 9.84. The van der Waals surface area contributed by atoms with Crippen molar-refractivity contribution >= 4 is 34.2 Å². The van der Waals surface area contributed by atoms with Gasteiger partial charge in [0.05, 0.1) is 18.4 Å². The van der Waals surface area contributed by atoms with Crippen molar-refractivity contribution in [3.8, 4) is 5.75 Å². The van der Waals surface area contributed by atoms with Crippen LogP contribution in [0.25, 0.3) is 10.9 Å². The Morgan fingerprint density at radius 2 is 1.67 bits per heavy atom. The maximum absolute atomic E-state index is 12.9. The molecule has 0 aliphatic heterocycles. The highest BCUT2D eigenvalue weighted by Crippen LogP contribution is 2.25. The van der Waals surface area contributed by atoms with E-state index in [-0.39, 0.29) is 12.5 Å². The lowest BCUT2D eigenvalue weighted by Crippen LogP contribution is -2.36. The number of ether oxygens (including phenoxy) is 1. The van der Waals surface area contributed by atoms with E-state index in [2.05, 4.69) is 5.32 Å². The minimum absolute atomic E-state index is 0.00863. The Hall–Kier alpha value is -3.61.